The largest absolute Gasteiger partial charge is 0.493 e. The maximum Gasteiger partial charge on any atom is 0.418 e. The number of hydrogen-bond acceptors (Lipinski definition) is 5. The molecule has 0 saturated heterocycles. The van der Waals surface area contributed by atoms with Crippen LogP contribution < -0.4 is 19.6 Å². The lowest BCUT2D eigenvalue weighted by molar-refractivity contribution is -0.136. The van der Waals surface area contributed by atoms with Crippen LogP contribution in [0.1, 0.15) is 11.1 Å². The average molecular weight is 338 g/mol. The first-order chi connectivity index (χ1) is 11.5. The fourth-order valence-electron chi connectivity index (χ4n) is 2.23. The summed E-state index contributed by atoms with van der Waals surface area (Å²) < 4.78 is 54.5. The quantitative estimate of drug-likeness (QED) is 0.679. The fraction of sp³-hybridized carbons (Fsp3) is 0.188. The van der Waals surface area contributed by atoms with Crippen molar-refractivity contribution in [2.45, 2.75) is 6.18 Å². The maximum absolute atomic E-state index is 12.9. The average Bonchev–Trinajstić information content (AvgIpc) is 3.02. The summed E-state index contributed by atoms with van der Waals surface area (Å²) in [5, 5.41) is 3.86. The van der Waals surface area contributed by atoms with Crippen LogP contribution in [-0.2, 0) is 6.18 Å². The summed E-state index contributed by atoms with van der Waals surface area (Å²) in [5.74, 6) is 1.44. The van der Waals surface area contributed by atoms with E-state index in [4.69, 9.17) is 14.2 Å². The molecule has 0 atom stereocenters. The highest BCUT2D eigenvalue weighted by Crippen LogP contribution is 2.41. The third-order valence-corrected chi connectivity index (χ3v) is 3.31. The molecule has 8 heteroatoms. The molecule has 1 aliphatic heterocycles. The van der Waals surface area contributed by atoms with Crippen molar-refractivity contribution in [2.24, 2.45) is 5.10 Å². The monoisotopic (exact) mass is 338 g/mol. The van der Waals surface area contributed by atoms with Gasteiger partial charge in [0, 0.05) is 5.56 Å². The summed E-state index contributed by atoms with van der Waals surface area (Å²) in [4.78, 5) is 0. The zero-order chi connectivity index (χ0) is 17.2. The second kappa shape index (κ2) is 6.31. The van der Waals surface area contributed by atoms with Gasteiger partial charge in [-0.05, 0) is 24.3 Å². The highest BCUT2D eigenvalue weighted by atomic mass is 19.4. The predicted molar refractivity (Wildman–Crippen MR) is 81.8 cm³/mol. The molecule has 1 aliphatic rings. The van der Waals surface area contributed by atoms with Gasteiger partial charge in [0.25, 0.3) is 0 Å². The number of nitrogens with zero attached hydrogens (tertiary/aromatic N) is 1. The predicted octanol–water partition coefficient (Wildman–Crippen LogP) is 3.89. The first kappa shape index (κ1) is 16.0. The SMILES string of the molecule is COc1cc(/C=N\Nc2ccccc2C(F)(F)F)cc2c1OCO2. The summed E-state index contributed by atoms with van der Waals surface area (Å²) in [6, 6.07) is 8.42. The Morgan fingerprint density at radius 1 is 1.21 bits per heavy atom. The van der Waals surface area contributed by atoms with Gasteiger partial charge in [0.05, 0.1) is 24.6 Å². The Bertz CT molecular complexity index is 776. The summed E-state index contributed by atoms with van der Waals surface area (Å²) in [7, 11) is 1.48. The number of halogens is 3. The third kappa shape index (κ3) is 3.22. The zero-order valence-electron chi connectivity index (χ0n) is 12.6. The second-order valence-electron chi connectivity index (χ2n) is 4.87. The Labute approximate surface area is 135 Å². The number of benzene rings is 2. The van der Waals surface area contributed by atoms with E-state index in [0.717, 1.165) is 6.07 Å². The smallest absolute Gasteiger partial charge is 0.418 e. The summed E-state index contributed by atoms with van der Waals surface area (Å²) >= 11 is 0. The van der Waals surface area contributed by atoms with Crippen LogP contribution in [0, 0.1) is 0 Å². The molecule has 3 rings (SSSR count). The molecule has 0 radical (unpaired) electrons. The van der Waals surface area contributed by atoms with Gasteiger partial charge in [-0.3, -0.25) is 5.43 Å². The number of rotatable bonds is 4. The highest BCUT2D eigenvalue weighted by molar-refractivity contribution is 5.83. The number of ether oxygens (including phenoxy) is 3. The minimum Gasteiger partial charge on any atom is -0.493 e. The highest BCUT2D eigenvalue weighted by Gasteiger charge is 2.33. The molecule has 2 aromatic carbocycles. The Morgan fingerprint density at radius 2 is 2.00 bits per heavy atom. The van der Waals surface area contributed by atoms with Crippen molar-refractivity contribution < 1.29 is 27.4 Å². The van der Waals surface area contributed by atoms with E-state index in [-0.39, 0.29) is 12.5 Å². The van der Waals surface area contributed by atoms with E-state index in [2.05, 4.69) is 10.5 Å². The molecule has 0 fully saturated rings. The minimum atomic E-state index is -4.46. The van der Waals surface area contributed by atoms with Crippen molar-refractivity contribution in [3.63, 3.8) is 0 Å². The lowest BCUT2D eigenvalue weighted by Gasteiger charge is -2.11. The standard InChI is InChI=1S/C16H13F3N2O3/c1-22-13-6-10(7-14-15(13)24-9-23-14)8-20-21-12-5-3-2-4-11(12)16(17,18)19/h2-8,21H,9H2,1H3/b20-8-. The lowest BCUT2D eigenvalue weighted by Crippen LogP contribution is -2.08. The third-order valence-electron chi connectivity index (χ3n) is 3.31. The zero-order valence-corrected chi connectivity index (χ0v) is 12.6. The molecule has 0 amide bonds. The molecular formula is C16H13F3N2O3. The van der Waals surface area contributed by atoms with E-state index in [1.807, 2.05) is 0 Å². The second-order valence-corrected chi connectivity index (χ2v) is 4.87. The van der Waals surface area contributed by atoms with Crippen molar-refractivity contribution in [3.8, 4) is 17.2 Å². The number of alkyl halides is 3. The van der Waals surface area contributed by atoms with Gasteiger partial charge in [0.15, 0.2) is 11.5 Å². The van der Waals surface area contributed by atoms with E-state index in [0.29, 0.717) is 22.8 Å². The van der Waals surface area contributed by atoms with Crippen LogP contribution in [0.5, 0.6) is 17.2 Å². The van der Waals surface area contributed by atoms with E-state index < -0.39 is 11.7 Å². The molecule has 0 bridgehead atoms. The van der Waals surface area contributed by atoms with Gasteiger partial charge < -0.3 is 14.2 Å². The topological polar surface area (TPSA) is 52.1 Å². The molecule has 0 aliphatic carbocycles. The van der Waals surface area contributed by atoms with Gasteiger partial charge in [-0.15, -0.1) is 0 Å². The normalized spacial score (nSPS) is 13.3. The number of hydrazone groups is 1. The first-order valence-electron chi connectivity index (χ1n) is 6.92. The van der Waals surface area contributed by atoms with Gasteiger partial charge in [-0.25, -0.2) is 0 Å². The summed E-state index contributed by atoms with van der Waals surface area (Å²) in [6.07, 6.45) is -3.08. The lowest BCUT2D eigenvalue weighted by atomic mass is 10.2. The fourth-order valence-corrected chi connectivity index (χ4v) is 2.23. The molecule has 0 unspecified atom stereocenters. The maximum atomic E-state index is 12.9. The molecule has 5 nitrogen and oxygen atoms in total. The molecule has 0 saturated carbocycles. The van der Waals surface area contributed by atoms with Gasteiger partial charge in [0.1, 0.15) is 0 Å². The van der Waals surface area contributed by atoms with Gasteiger partial charge in [-0.1, -0.05) is 12.1 Å². The van der Waals surface area contributed by atoms with Gasteiger partial charge in [0.2, 0.25) is 12.5 Å². The van der Waals surface area contributed by atoms with Crippen LogP contribution in [-0.4, -0.2) is 20.1 Å². The van der Waals surface area contributed by atoms with Crippen molar-refractivity contribution in [2.75, 3.05) is 19.3 Å². The molecule has 24 heavy (non-hydrogen) atoms. The van der Waals surface area contributed by atoms with Crippen molar-refractivity contribution in [1.82, 2.24) is 0 Å². The van der Waals surface area contributed by atoms with E-state index in [1.165, 1.54) is 31.5 Å². The molecular weight excluding hydrogens is 325 g/mol. The van der Waals surface area contributed by atoms with Gasteiger partial charge in [-0.2, -0.15) is 18.3 Å². The number of methoxy groups -OCH3 is 1. The molecule has 1 N–H and O–H groups in total. The Kier molecular flexibility index (Phi) is 4.20. The van der Waals surface area contributed by atoms with Crippen LogP contribution in [0.2, 0.25) is 0 Å². The van der Waals surface area contributed by atoms with Gasteiger partial charge >= 0.3 is 6.18 Å². The Morgan fingerprint density at radius 3 is 2.75 bits per heavy atom. The van der Waals surface area contributed by atoms with Crippen LogP contribution >= 0.6 is 0 Å². The van der Waals surface area contributed by atoms with Crippen LogP contribution in [0.4, 0.5) is 18.9 Å². The summed E-state index contributed by atoms with van der Waals surface area (Å²) in [6.45, 7) is 0.0868. The van der Waals surface area contributed by atoms with Crippen molar-refractivity contribution in [3.05, 3.63) is 47.5 Å². The summed E-state index contributed by atoms with van der Waals surface area (Å²) in [5.41, 5.74) is 2.08. The van der Waals surface area contributed by atoms with E-state index in [1.54, 1.807) is 12.1 Å². The van der Waals surface area contributed by atoms with Crippen LogP contribution in [0.3, 0.4) is 0 Å². The van der Waals surface area contributed by atoms with Crippen molar-refractivity contribution in [1.29, 1.82) is 0 Å². The minimum absolute atomic E-state index is 0.0868. The molecule has 126 valence electrons. The molecule has 2 aromatic rings. The van der Waals surface area contributed by atoms with E-state index in [9.17, 15) is 13.2 Å². The molecule has 0 aromatic heterocycles. The number of anilines is 1. The number of para-hydroxylation sites is 1. The van der Waals surface area contributed by atoms with Crippen LogP contribution in [0.25, 0.3) is 0 Å². The Hall–Kier alpha value is -2.90. The molecule has 1 heterocycles. The van der Waals surface area contributed by atoms with E-state index >= 15 is 0 Å². The number of nitrogens with one attached hydrogen (secondary N) is 1. The number of hydrogen-bond donors (Lipinski definition) is 1. The Balaban J connectivity index is 1.81. The van der Waals surface area contributed by atoms with Crippen molar-refractivity contribution >= 4 is 11.9 Å². The molecule has 0 spiro atoms. The number of fused-ring (bicyclic) bond motifs is 1. The first-order valence-corrected chi connectivity index (χ1v) is 6.92. The van der Waals surface area contributed by atoms with Crippen LogP contribution in [0.15, 0.2) is 41.5 Å².